The van der Waals surface area contributed by atoms with Gasteiger partial charge in [-0.2, -0.15) is 0 Å². The number of benzene rings is 1. The molecule has 1 aliphatic heterocycles. The number of nitrogens with one attached hydrogen (secondary N) is 2. The fourth-order valence-electron chi connectivity index (χ4n) is 4.44. The molecule has 11 nitrogen and oxygen atoms in total. The number of ether oxygens (including phenoxy) is 2. The van der Waals surface area contributed by atoms with Crippen molar-refractivity contribution in [3.8, 4) is 0 Å². The van der Waals surface area contributed by atoms with Crippen LogP contribution in [0.15, 0.2) is 30.3 Å². The van der Waals surface area contributed by atoms with Gasteiger partial charge >= 0.3 is 18.1 Å². The maximum Gasteiger partial charge on any atom is 0.408 e. The number of rotatable bonds is 9. The molecule has 39 heavy (non-hydrogen) atoms. The summed E-state index contributed by atoms with van der Waals surface area (Å²) in [4.78, 5) is 67.7. The monoisotopic (exact) mass is 546 g/mol. The van der Waals surface area contributed by atoms with Crippen molar-refractivity contribution in [3.63, 3.8) is 0 Å². The van der Waals surface area contributed by atoms with E-state index in [4.69, 9.17) is 9.47 Å². The summed E-state index contributed by atoms with van der Waals surface area (Å²) in [5.74, 6) is -2.38. The summed E-state index contributed by atoms with van der Waals surface area (Å²) in [6, 6.07) is 5.12. The van der Waals surface area contributed by atoms with E-state index in [-0.39, 0.29) is 12.0 Å². The maximum absolute atomic E-state index is 14.0. The van der Waals surface area contributed by atoms with Crippen LogP contribution in [0, 0.1) is 5.92 Å². The molecule has 11 heteroatoms. The second-order valence-electron chi connectivity index (χ2n) is 11.0. The number of carbonyl (C=O) groups is 5. The molecule has 1 saturated heterocycles. The maximum atomic E-state index is 14.0. The lowest BCUT2D eigenvalue weighted by Gasteiger charge is -2.32. The van der Waals surface area contributed by atoms with Gasteiger partial charge in [0, 0.05) is 14.0 Å². The molecule has 1 heterocycles. The number of carbonyl (C=O) groups excluding carboxylic acids is 5. The van der Waals surface area contributed by atoms with Crippen molar-refractivity contribution in [2.75, 3.05) is 7.05 Å². The molecule has 5 amide bonds. The average molecular weight is 547 g/mol. The van der Waals surface area contributed by atoms with Crippen LogP contribution in [-0.4, -0.2) is 76.6 Å². The largest absolute Gasteiger partial charge is 0.460 e. The molecule has 6 atom stereocenters. The Morgan fingerprint density at radius 1 is 1.03 bits per heavy atom. The first-order valence-corrected chi connectivity index (χ1v) is 13.2. The molecule has 2 N–H and O–H groups in total. The zero-order valence-corrected chi connectivity index (χ0v) is 24.3. The minimum atomic E-state index is -1.40. The highest BCUT2D eigenvalue weighted by Crippen LogP contribution is 2.35. The van der Waals surface area contributed by atoms with Crippen LogP contribution in [0.2, 0.25) is 0 Å². The first-order chi connectivity index (χ1) is 18.1. The van der Waals surface area contributed by atoms with Crippen LogP contribution < -0.4 is 10.6 Å². The van der Waals surface area contributed by atoms with Gasteiger partial charge in [0.1, 0.15) is 23.8 Å². The fourth-order valence-corrected chi connectivity index (χ4v) is 4.44. The van der Waals surface area contributed by atoms with Crippen LogP contribution in [0.25, 0.3) is 0 Å². The predicted octanol–water partition coefficient (Wildman–Crippen LogP) is 3.39. The Hall–Kier alpha value is -3.63. The van der Waals surface area contributed by atoms with Gasteiger partial charge in [-0.25, -0.2) is 9.59 Å². The summed E-state index contributed by atoms with van der Waals surface area (Å²) in [5.41, 5.74) is -0.0425. The SMILES string of the molecule is CC[C@H](C)[C@H](NC(=O)OC(C)(C)C)C(=O)N[C@H](C(=O)N1C(=O)N(C)[C@@H](C)[C@H]1c1ccccc1)[C@@H](C)OC(C)=O. The van der Waals surface area contributed by atoms with E-state index in [9.17, 15) is 24.0 Å². The molecule has 0 radical (unpaired) electrons. The Balaban J connectivity index is 2.44. The average Bonchev–Trinajstić information content (AvgIpc) is 3.07. The van der Waals surface area contributed by atoms with E-state index in [2.05, 4.69) is 10.6 Å². The molecule has 1 aromatic carbocycles. The zero-order valence-electron chi connectivity index (χ0n) is 24.3. The molecule has 0 bridgehead atoms. The van der Waals surface area contributed by atoms with Gasteiger partial charge in [0.25, 0.3) is 5.91 Å². The van der Waals surface area contributed by atoms with Gasteiger partial charge in [0.05, 0.1) is 12.1 Å². The third kappa shape index (κ3) is 7.93. The summed E-state index contributed by atoms with van der Waals surface area (Å²) in [6.07, 6.45) is -1.36. The Labute approximate surface area is 230 Å². The van der Waals surface area contributed by atoms with Gasteiger partial charge in [0.2, 0.25) is 5.91 Å². The second kappa shape index (κ2) is 12.9. The number of nitrogens with zero attached hydrogens (tertiary/aromatic N) is 2. The second-order valence-corrected chi connectivity index (χ2v) is 11.0. The van der Waals surface area contributed by atoms with Crippen molar-refractivity contribution in [1.82, 2.24) is 20.4 Å². The molecule has 1 aliphatic rings. The fraction of sp³-hybridized carbons (Fsp3) is 0.607. The number of urea groups is 1. The van der Waals surface area contributed by atoms with Crippen molar-refractivity contribution in [2.24, 2.45) is 5.92 Å². The topological polar surface area (TPSA) is 134 Å². The molecule has 0 saturated carbocycles. The Kier molecular flexibility index (Phi) is 10.5. The van der Waals surface area contributed by atoms with Crippen LogP contribution >= 0.6 is 0 Å². The lowest BCUT2D eigenvalue weighted by atomic mass is 9.97. The number of hydrogen-bond acceptors (Lipinski definition) is 7. The standard InChI is InChI=1S/C28H42N4O7/c1-10-16(2)21(30-26(36)39-28(6,7)8)24(34)29-22(18(4)38-19(5)33)25(35)32-23(17(3)31(9)27(32)37)20-14-12-11-13-15-20/h11-18,21-23H,10H2,1-9H3,(H,29,34)(H,30,36)/t16-,17-,18+,21-,22-,23-/m0/s1. The molecule has 0 spiro atoms. The van der Waals surface area contributed by atoms with Gasteiger partial charge in [-0.1, -0.05) is 50.6 Å². The molecule has 0 aliphatic carbocycles. The third-order valence-electron chi connectivity index (χ3n) is 6.79. The summed E-state index contributed by atoms with van der Waals surface area (Å²) >= 11 is 0. The van der Waals surface area contributed by atoms with Crippen LogP contribution in [0.3, 0.4) is 0 Å². The molecule has 0 unspecified atom stereocenters. The third-order valence-corrected chi connectivity index (χ3v) is 6.79. The van der Waals surface area contributed by atoms with Gasteiger partial charge in [0.15, 0.2) is 0 Å². The molecular weight excluding hydrogens is 504 g/mol. The van der Waals surface area contributed by atoms with E-state index in [1.165, 1.54) is 18.7 Å². The van der Waals surface area contributed by atoms with Crippen molar-refractivity contribution in [2.45, 2.75) is 97.7 Å². The highest BCUT2D eigenvalue weighted by atomic mass is 16.6. The minimum Gasteiger partial charge on any atom is -0.460 e. The molecule has 1 fully saturated rings. The van der Waals surface area contributed by atoms with Crippen LogP contribution in [0.5, 0.6) is 0 Å². The Morgan fingerprint density at radius 2 is 1.62 bits per heavy atom. The zero-order chi connectivity index (χ0) is 29.7. The summed E-state index contributed by atoms with van der Waals surface area (Å²) in [5, 5.41) is 5.25. The predicted molar refractivity (Wildman–Crippen MR) is 144 cm³/mol. The number of hydrogen-bond donors (Lipinski definition) is 2. The number of esters is 1. The lowest BCUT2D eigenvalue weighted by Crippen LogP contribution is -2.60. The van der Waals surface area contributed by atoms with E-state index in [0.29, 0.717) is 6.42 Å². The van der Waals surface area contributed by atoms with Crippen LogP contribution in [0.4, 0.5) is 9.59 Å². The van der Waals surface area contributed by atoms with Crippen molar-refractivity contribution >= 4 is 29.9 Å². The van der Waals surface area contributed by atoms with Gasteiger partial charge < -0.3 is 25.0 Å². The van der Waals surface area contributed by atoms with E-state index in [1.54, 1.807) is 34.7 Å². The van der Waals surface area contributed by atoms with Crippen molar-refractivity contribution in [1.29, 1.82) is 0 Å². The minimum absolute atomic E-state index is 0.325. The van der Waals surface area contributed by atoms with Gasteiger partial charge in [-0.3, -0.25) is 19.3 Å². The van der Waals surface area contributed by atoms with Crippen molar-refractivity contribution in [3.05, 3.63) is 35.9 Å². The van der Waals surface area contributed by atoms with Gasteiger partial charge in [-0.15, -0.1) is 0 Å². The number of imide groups is 1. The molecule has 1 aromatic rings. The van der Waals surface area contributed by atoms with E-state index >= 15 is 0 Å². The highest BCUT2D eigenvalue weighted by molar-refractivity contribution is 6.01. The number of likely N-dealkylation sites (N-methyl/N-ethyl adjacent to an activating group) is 1. The smallest absolute Gasteiger partial charge is 0.408 e. The first-order valence-electron chi connectivity index (χ1n) is 13.2. The first kappa shape index (κ1) is 31.6. The van der Waals surface area contributed by atoms with Crippen molar-refractivity contribution < 1.29 is 33.4 Å². The summed E-state index contributed by atoms with van der Waals surface area (Å²) < 4.78 is 10.6. The number of alkyl carbamates (subject to hydrolysis) is 1. The summed E-state index contributed by atoms with van der Waals surface area (Å²) in [6.45, 7) is 13.2. The Bertz CT molecular complexity index is 1060. The normalized spacial score (nSPS) is 20.5. The number of amides is 5. The Morgan fingerprint density at radius 3 is 2.13 bits per heavy atom. The molecule has 2 rings (SSSR count). The van der Waals surface area contributed by atoms with E-state index in [1.807, 2.05) is 44.2 Å². The lowest BCUT2D eigenvalue weighted by molar-refractivity contribution is -0.152. The van der Waals surface area contributed by atoms with Gasteiger partial charge in [-0.05, 0) is 46.1 Å². The molecule has 216 valence electrons. The molecule has 0 aromatic heterocycles. The quantitative estimate of drug-likeness (QED) is 0.454. The van der Waals surface area contributed by atoms with E-state index in [0.717, 1.165) is 10.5 Å². The highest BCUT2D eigenvalue weighted by Gasteiger charge is 2.49. The van der Waals surface area contributed by atoms with E-state index < -0.39 is 59.7 Å². The van der Waals surface area contributed by atoms with Crippen LogP contribution in [-0.2, 0) is 23.9 Å². The molecular formula is C28H42N4O7. The van der Waals surface area contributed by atoms with Crippen LogP contribution in [0.1, 0.15) is 73.4 Å². The summed E-state index contributed by atoms with van der Waals surface area (Å²) in [7, 11) is 1.60.